The minimum Gasteiger partial charge on any atom is -0.424 e. The van der Waals surface area contributed by atoms with Crippen molar-refractivity contribution in [2.75, 3.05) is 0 Å². The number of nitrogens with zero attached hydrogens (tertiary/aromatic N) is 4. The van der Waals surface area contributed by atoms with E-state index in [0.717, 1.165) is 24.8 Å². The van der Waals surface area contributed by atoms with Gasteiger partial charge in [-0.25, -0.2) is 4.98 Å². The molecule has 4 rings (SSSR count). The summed E-state index contributed by atoms with van der Waals surface area (Å²) in [6.07, 6.45) is 8.02. The molecule has 0 radical (unpaired) electrons. The Balaban J connectivity index is 1.68. The maximum Gasteiger partial charge on any atom is 0.262 e. The molecule has 7 heteroatoms. The molecule has 2 heterocycles. The Kier molecular flexibility index (Phi) is 5.62. The fraction of sp³-hybridized carbons (Fsp3) is 0.429. The molecule has 1 aliphatic carbocycles. The first-order valence-electron chi connectivity index (χ1n) is 9.76. The third-order valence-electron chi connectivity index (χ3n) is 5.04. The van der Waals surface area contributed by atoms with Crippen LogP contribution >= 0.6 is 11.8 Å². The summed E-state index contributed by atoms with van der Waals surface area (Å²) in [5.41, 5.74) is 2.18. The van der Waals surface area contributed by atoms with Crippen LogP contribution in [0.1, 0.15) is 56.1 Å². The second-order valence-corrected chi connectivity index (χ2v) is 8.45. The molecule has 1 aromatic carbocycles. The average Bonchev–Trinajstić information content (AvgIpc) is 3.15. The number of aryl methyl sites for hydroxylation is 1. The zero-order chi connectivity index (χ0) is 19.5. The zero-order valence-corrected chi connectivity index (χ0v) is 17.0. The predicted molar refractivity (Wildman–Crippen MR) is 110 cm³/mol. The van der Waals surface area contributed by atoms with Crippen LogP contribution in [0.2, 0.25) is 0 Å². The number of hydrogen-bond acceptors (Lipinski definition) is 6. The van der Waals surface area contributed by atoms with Gasteiger partial charge in [-0.1, -0.05) is 35.5 Å². The molecule has 0 fully saturated rings. The fourth-order valence-corrected chi connectivity index (χ4v) is 4.47. The molecule has 1 atom stereocenters. The first kappa shape index (κ1) is 18.9. The van der Waals surface area contributed by atoms with Gasteiger partial charge >= 0.3 is 0 Å². The lowest BCUT2D eigenvalue weighted by atomic mass is 9.97. The van der Waals surface area contributed by atoms with Gasteiger partial charge in [0, 0.05) is 13.5 Å². The van der Waals surface area contributed by atoms with Gasteiger partial charge in [0.2, 0.25) is 11.8 Å². The second kappa shape index (κ2) is 8.31. The topological polar surface area (TPSA) is 73.8 Å². The average molecular weight is 397 g/mol. The van der Waals surface area contributed by atoms with Crippen molar-refractivity contribution in [2.45, 2.75) is 62.9 Å². The van der Waals surface area contributed by atoms with Crippen molar-refractivity contribution in [3.63, 3.8) is 0 Å². The maximum atomic E-state index is 13.2. The number of benzene rings is 1. The van der Waals surface area contributed by atoms with Crippen LogP contribution in [0.15, 0.2) is 50.3 Å². The molecule has 0 spiro atoms. The number of thioether (sulfide) groups is 1. The van der Waals surface area contributed by atoms with E-state index in [-0.39, 0.29) is 10.8 Å². The molecule has 6 nitrogen and oxygen atoms in total. The summed E-state index contributed by atoms with van der Waals surface area (Å²) in [6.45, 7) is 4.41. The number of hydrogen-bond donors (Lipinski definition) is 0. The van der Waals surface area contributed by atoms with Gasteiger partial charge in [-0.05, 0) is 51.2 Å². The monoisotopic (exact) mass is 396 g/mol. The molecular weight excluding hydrogens is 372 g/mol. The van der Waals surface area contributed by atoms with Gasteiger partial charge < -0.3 is 4.42 Å². The summed E-state index contributed by atoms with van der Waals surface area (Å²) in [5, 5.41) is 9.29. The lowest BCUT2D eigenvalue weighted by Gasteiger charge is -2.17. The number of rotatable bonds is 6. The molecule has 2 aromatic heterocycles. The molecule has 1 aliphatic rings. The van der Waals surface area contributed by atoms with E-state index in [0.29, 0.717) is 28.9 Å². The molecule has 0 bridgehead atoms. The summed E-state index contributed by atoms with van der Waals surface area (Å²) in [4.78, 5) is 18.0. The first-order valence-corrected chi connectivity index (χ1v) is 10.6. The third-order valence-corrected chi connectivity index (χ3v) is 6.12. The van der Waals surface area contributed by atoms with Gasteiger partial charge in [-0.15, -0.1) is 10.2 Å². The van der Waals surface area contributed by atoms with Gasteiger partial charge in [0.05, 0.1) is 16.2 Å². The van der Waals surface area contributed by atoms with E-state index in [2.05, 4.69) is 16.3 Å². The summed E-state index contributed by atoms with van der Waals surface area (Å²) in [7, 11) is 0. The second-order valence-electron chi connectivity index (χ2n) is 7.15. The molecule has 0 aliphatic heterocycles. The highest BCUT2D eigenvalue weighted by Crippen LogP contribution is 2.33. The van der Waals surface area contributed by atoms with Crippen molar-refractivity contribution in [2.24, 2.45) is 0 Å². The van der Waals surface area contributed by atoms with Crippen LogP contribution in [0, 0.1) is 6.92 Å². The van der Waals surface area contributed by atoms with E-state index in [1.54, 1.807) is 6.92 Å². The lowest BCUT2D eigenvalue weighted by molar-refractivity contribution is 0.469. The highest BCUT2D eigenvalue weighted by atomic mass is 32.2. The summed E-state index contributed by atoms with van der Waals surface area (Å²) < 4.78 is 7.37. The predicted octanol–water partition coefficient (Wildman–Crippen LogP) is 4.83. The van der Waals surface area contributed by atoms with Gasteiger partial charge in [0.15, 0.2) is 5.16 Å². The fourth-order valence-electron chi connectivity index (χ4n) is 3.51. The highest BCUT2D eigenvalue weighted by molar-refractivity contribution is 7.99. The largest absolute Gasteiger partial charge is 0.424 e. The van der Waals surface area contributed by atoms with Gasteiger partial charge in [0.1, 0.15) is 0 Å². The van der Waals surface area contributed by atoms with E-state index in [9.17, 15) is 4.79 Å². The smallest absolute Gasteiger partial charge is 0.262 e. The van der Waals surface area contributed by atoms with Crippen molar-refractivity contribution >= 4 is 22.7 Å². The minimum absolute atomic E-state index is 0.0124. The first-order chi connectivity index (χ1) is 13.6. The number of allylic oxidation sites excluding steroid dienone is 2. The lowest BCUT2D eigenvalue weighted by Crippen LogP contribution is -2.24. The van der Waals surface area contributed by atoms with Gasteiger partial charge in [-0.3, -0.25) is 9.36 Å². The normalized spacial score (nSPS) is 15.6. The van der Waals surface area contributed by atoms with Gasteiger partial charge in [-0.2, -0.15) is 0 Å². The van der Waals surface area contributed by atoms with E-state index >= 15 is 0 Å². The van der Waals surface area contributed by atoms with Crippen molar-refractivity contribution in [3.05, 3.63) is 58.0 Å². The van der Waals surface area contributed by atoms with Crippen molar-refractivity contribution in [1.82, 2.24) is 19.7 Å². The van der Waals surface area contributed by atoms with Crippen LogP contribution in [0.25, 0.3) is 10.9 Å². The summed E-state index contributed by atoms with van der Waals surface area (Å²) >= 11 is 1.49. The summed E-state index contributed by atoms with van der Waals surface area (Å²) in [5.74, 6) is 1.09. The Bertz CT molecular complexity index is 1070. The maximum absolute atomic E-state index is 13.2. The van der Waals surface area contributed by atoms with Crippen molar-refractivity contribution in [3.8, 4) is 0 Å². The Morgan fingerprint density at radius 3 is 2.86 bits per heavy atom. The Labute approximate surface area is 168 Å². The molecule has 0 saturated carbocycles. The summed E-state index contributed by atoms with van der Waals surface area (Å²) in [6, 6.07) is 7.53. The van der Waals surface area contributed by atoms with Crippen molar-refractivity contribution < 1.29 is 4.42 Å². The van der Waals surface area contributed by atoms with Crippen LogP contribution in [-0.4, -0.2) is 19.7 Å². The molecule has 3 aromatic rings. The Morgan fingerprint density at radius 1 is 1.25 bits per heavy atom. The van der Waals surface area contributed by atoms with E-state index < -0.39 is 0 Å². The van der Waals surface area contributed by atoms with Crippen LogP contribution < -0.4 is 5.56 Å². The highest BCUT2D eigenvalue weighted by Gasteiger charge is 2.19. The molecular formula is C21H24N4O2S. The van der Waals surface area contributed by atoms with Crippen LogP contribution in [-0.2, 0) is 6.54 Å². The van der Waals surface area contributed by atoms with E-state index in [4.69, 9.17) is 9.40 Å². The van der Waals surface area contributed by atoms with Gasteiger partial charge in [0.25, 0.3) is 5.56 Å². The zero-order valence-electron chi connectivity index (χ0n) is 16.2. The number of fused-ring (bicyclic) bond motifs is 1. The molecule has 146 valence electrons. The third kappa shape index (κ3) is 4.04. The minimum atomic E-state index is -0.0885. The molecule has 0 amide bonds. The molecule has 28 heavy (non-hydrogen) atoms. The van der Waals surface area contributed by atoms with Crippen LogP contribution in [0.5, 0.6) is 0 Å². The Hall–Kier alpha value is -2.41. The molecule has 0 saturated heterocycles. The number of aromatic nitrogens is 4. The van der Waals surface area contributed by atoms with Crippen LogP contribution in [0.3, 0.4) is 0 Å². The molecule has 0 unspecified atom stereocenters. The number of para-hydroxylation sites is 1. The molecule has 0 N–H and O–H groups in total. The van der Waals surface area contributed by atoms with Crippen LogP contribution in [0.4, 0.5) is 0 Å². The van der Waals surface area contributed by atoms with E-state index in [1.807, 2.05) is 35.8 Å². The van der Waals surface area contributed by atoms with E-state index in [1.165, 1.54) is 30.2 Å². The SMILES string of the molecule is Cc1nnc([C@H](C)Sc2nc3ccccc3c(=O)n2CCC2=CCCCC2)o1. The quantitative estimate of drug-likeness (QED) is 0.337. The van der Waals surface area contributed by atoms with Crippen molar-refractivity contribution in [1.29, 1.82) is 0 Å². The standard InChI is InChI=1S/C21H24N4O2S/c1-14(19-24-23-15(2)27-19)28-21-22-18-11-7-6-10-17(18)20(26)25(21)13-12-16-8-4-3-5-9-16/h6-8,10-11,14H,3-5,9,12-13H2,1-2H3/t14-/m0/s1. The Morgan fingerprint density at radius 2 is 2.11 bits per heavy atom.